The highest BCUT2D eigenvalue weighted by Gasteiger charge is 2.06. The molecule has 0 aliphatic rings. The van der Waals surface area contributed by atoms with Crippen LogP contribution in [0.3, 0.4) is 0 Å². The van der Waals surface area contributed by atoms with Crippen molar-refractivity contribution in [2.24, 2.45) is 0 Å². The first-order valence-corrected chi connectivity index (χ1v) is 3.63. The number of hydrogen-bond acceptors (Lipinski definition) is 2. The van der Waals surface area contributed by atoms with Gasteiger partial charge in [0, 0.05) is 20.4 Å². The van der Waals surface area contributed by atoms with Gasteiger partial charge in [-0.05, 0) is 6.42 Å². The molecule has 0 spiro atoms. The predicted molar refractivity (Wildman–Crippen MR) is 41.5 cm³/mol. The first kappa shape index (κ1) is 9.94. The van der Waals surface area contributed by atoms with Crippen LogP contribution in [-0.4, -0.2) is 23.4 Å². The number of amides is 2. The number of hydrogen-bond donors (Lipinski definition) is 1. The van der Waals surface area contributed by atoms with Crippen molar-refractivity contribution in [2.75, 3.05) is 6.54 Å². The van der Waals surface area contributed by atoms with E-state index < -0.39 is 0 Å². The van der Waals surface area contributed by atoms with Crippen molar-refractivity contribution in [1.82, 2.24) is 10.4 Å². The highest BCUT2D eigenvalue weighted by molar-refractivity contribution is 5.79. The molecule has 64 valence electrons. The number of carbonyl (C=O) groups excluding carboxylic acids is 2. The summed E-state index contributed by atoms with van der Waals surface area (Å²) < 4.78 is 0. The molecule has 0 bridgehead atoms. The van der Waals surface area contributed by atoms with E-state index in [9.17, 15) is 9.59 Å². The molecule has 0 fully saturated rings. The lowest BCUT2D eigenvalue weighted by Gasteiger charge is -2.19. The summed E-state index contributed by atoms with van der Waals surface area (Å²) in [6.45, 7) is 5.31. The summed E-state index contributed by atoms with van der Waals surface area (Å²) in [6.07, 6.45) is 0.833. The molecule has 0 atom stereocenters. The molecule has 0 saturated carbocycles. The quantitative estimate of drug-likeness (QED) is 0.587. The summed E-state index contributed by atoms with van der Waals surface area (Å²) >= 11 is 0. The molecule has 4 heteroatoms. The number of carbonyl (C=O) groups is 2. The van der Waals surface area contributed by atoms with Crippen molar-refractivity contribution in [3.8, 4) is 0 Å². The zero-order chi connectivity index (χ0) is 8.85. The molecular formula is C7H14N2O2. The Bertz CT molecular complexity index is 157. The first-order valence-electron chi connectivity index (χ1n) is 3.63. The molecular weight excluding hydrogens is 144 g/mol. The summed E-state index contributed by atoms with van der Waals surface area (Å²) in [4.78, 5) is 21.3. The van der Waals surface area contributed by atoms with Crippen molar-refractivity contribution in [3.05, 3.63) is 0 Å². The summed E-state index contributed by atoms with van der Waals surface area (Å²) in [5, 5.41) is 1.31. The largest absolute Gasteiger partial charge is 0.274 e. The second kappa shape index (κ2) is 4.71. The molecule has 0 rings (SSSR count). The van der Waals surface area contributed by atoms with Crippen LogP contribution in [0, 0.1) is 0 Å². The van der Waals surface area contributed by atoms with Crippen LogP contribution in [0.2, 0.25) is 0 Å². The summed E-state index contributed by atoms with van der Waals surface area (Å²) in [6, 6.07) is 0. The van der Waals surface area contributed by atoms with Gasteiger partial charge < -0.3 is 0 Å². The Morgan fingerprint density at radius 2 is 1.91 bits per heavy atom. The molecule has 2 amide bonds. The number of nitrogens with zero attached hydrogens (tertiary/aromatic N) is 1. The highest BCUT2D eigenvalue weighted by atomic mass is 16.2. The van der Waals surface area contributed by atoms with Crippen molar-refractivity contribution in [1.29, 1.82) is 0 Å². The van der Waals surface area contributed by atoms with Gasteiger partial charge in [0.15, 0.2) is 0 Å². The van der Waals surface area contributed by atoms with Gasteiger partial charge in [-0.3, -0.25) is 20.0 Å². The highest BCUT2D eigenvalue weighted by Crippen LogP contribution is 1.86. The van der Waals surface area contributed by atoms with Crippen LogP contribution < -0.4 is 5.43 Å². The molecule has 0 aromatic carbocycles. The second-order valence-electron chi connectivity index (χ2n) is 2.34. The maximum absolute atomic E-state index is 10.8. The lowest BCUT2D eigenvalue weighted by molar-refractivity contribution is -0.138. The Balaban J connectivity index is 3.89. The third-order valence-corrected chi connectivity index (χ3v) is 1.12. The Labute approximate surface area is 66.5 Å². The van der Waals surface area contributed by atoms with E-state index in [1.165, 1.54) is 18.9 Å². The molecule has 1 N–H and O–H groups in total. The van der Waals surface area contributed by atoms with Crippen LogP contribution >= 0.6 is 0 Å². The number of rotatable bonds is 2. The SMILES string of the molecule is CCCN(NC(C)=O)C(C)=O. The molecule has 0 radical (unpaired) electrons. The summed E-state index contributed by atoms with van der Waals surface area (Å²) in [7, 11) is 0. The van der Waals surface area contributed by atoms with E-state index >= 15 is 0 Å². The monoisotopic (exact) mass is 158 g/mol. The molecule has 0 aromatic heterocycles. The van der Waals surface area contributed by atoms with E-state index in [4.69, 9.17) is 0 Å². The van der Waals surface area contributed by atoms with Gasteiger partial charge in [-0.2, -0.15) is 0 Å². The zero-order valence-corrected chi connectivity index (χ0v) is 7.18. The third-order valence-electron chi connectivity index (χ3n) is 1.12. The van der Waals surface area contributed by atoms with Crippen LogP contribution in [0.15, 0.2) is 0 Å². The van der Waals surface area contributed by atoms with E-state index in [2.05, 4.69) is 5.43 Å². The minimum absolute atomic E-state index is 0.137. The zero-order valence-electron chi connectivity index (χ0n) is 7.18. The molecule has 0 saturated heterocycles. The van der Waals surface area contributed by atoms with Crippen LogP contribution in [0.1, 0.15) is 27.2 Å². The van der Waals surface area contributed by atoms with Crippen LogP contribution in [0.5, 0.6) is 0 Å². The van der Waals surface area contributed by atoms with E-state index in [-0.39, 0.29) is 11.8 Å². The lowest BCUT2D eigenvalue weighted by Crippen LogP contribution is -2.44. The van der Waals surface area contributed by atoms with Crippen molar-refractivity contribution >= 4 is 11.8 Å². The van der Waals surface area contributed by atoms with Gasteiger partial charge in [0.25, 0.3) is 0 Å². The van der Waals surface area contributed by atoms with Crippen LogP contribution in [0.25, 0.3) is 0 Å². The van der Waals surface area contributed by atoms with E-state index in [0.717, 1.165) is 6.42 Å². The van der Waals surface area contributed by atoms with Crippen LogP contribution in [-0.2, 0) is 9.59 Å². The Morgan fingerprint density at radius 3 is 2.18 bits per heavy atom. The standard InChI is InChI=1S/C7H14N2O2/c1-4-5-9(7(3)11)8-6(2)10/h4-5H2,1-3H3,(H,8,10). The average Bonchev–Trinajstić information content (AvgIpc) is 1.86. The maximum Gasteiger partial charge on any atom is 0.237 e. The summed E-state index contributed by atoms with van der Waals surface area (Å²) in [5.41, 5.74) is 2.43. The Kier molecular flexibility index (Phi) is 4.26. The smallest absolute Gasteiger partial charge is 0.237 e. The molecule has 0 aliphatic heterocycles. The fraction of sp³-hybridized carbons (Fsp3) is 0.714. The number of nitrogens with one attached hydrogen (secondary N) is 1. The van der Waals surface area contributed by atoms with E-state index in [0.29, 0.717) is 6.54 Å². The molecule has 0 heterocycles. The fourth-order valence-corrected chi connectivity index (χ4v) is 0.706. The van der Waals surface area contributed by atoms with Gasteiger partial charge in [0.1, 0.15) is 0 Å². The van der Waals surface area contributed by atoms with E-state index in [1.807, 2.05) is 6.92 Å². The number of hydrazine groups is 1. The topological polar surface area (TPSA) is 49.4 Å². The Morgan fingerprint density at radius 1 is 1.36 bits per heavy atom. The van der Waals surface area contributed by atoms with Crippen molar-refractivity contribution < 1.29 is 9.59 Å². The molecule has 4 nitrogen and oxygen atoms in total. The predicted octanol–water partition coefficient (Wildman–Crippen LogP) is 0.296. The molecule has 0 aromatic rings. The van der Waals surface area contributed by atoms with Crippen molar-refractivity contribution in [2.45, 2.75) is 27.2 Å². The normalized spacial score (nSPS) is 9.00. The minimum atomic E-state index is -0.214. The summed E-state index contributed by atoms with van der Waals surface area (Å²) in [5.74, 6) is -0.351. The molecule has 11 heavy (non-hydrogen) atoms. The van der Waals surface area contributed by atoms with Gasteiger partial charge in [-0.25, -0.2) is 0 Å². The average molecular weight is 158 g/mol. The molecule has 0 unspecified atom stereocenters. The minimum Gasteiger partial charge on any atom is -0.274 e. The maximum atomic E-state index is 10.8. The lowest BCUT2D eigenvalue weighted by atomic mass is 10.4. The first-order chi connectivity index (χ1) is 5.07. The van der Waals surface area contributed by atoms with Gasteiger partial charge in [0.2, 0.25) is 11.8 Å². The fourth-order valence-electron chi connectivity index (χ4n) is 0.706. The van der Waals surface area contributed by atoms with Gasteiger partial charge >= 0.3 is 0 Å². The molecule has 0 aliphatic carbocycles. The second-order valence-corrected chi connectivity index (χ2v) is 2.34. The van der Waals surface area contributed by atoms with Crippen LogP contribution in [0.4, 0.5) is 0 Å². The van der Waals surface area contributed by atoms with Gasteiger partial charge in [0.05, 0.1) is 0 Å². The van der Waals surface area contributed by atoms with Gasteiger partial charge in [-0.15, -0.1) is 0 Å². The van der Waals surface area contributed by atoms with E-state index in [1.54, 1.807) is 0 Å². The third kappa shape index (κ3) is 4.36. The van der Waals surface area contributed by atoms with Crippen molar-refractivity contribution in [3.63, 3.8) is 0 Å². The Hall–Kier alpha value is -1.06. The van der Waals surface area contributed by atoms with Gasteiger partial charge in [-0.1, -0.05) is 6.92 Å².